The predicted octanol–water partition coefficient (Wildman–Crippen LogP) is -1.21. The monoisotopic (exact) mass is 159 g/mol. The minimum absolute atomic E-state index is 0.301. The van der Waals surface area contributed by atoms with E-state index in [-0.39, 0.29) is 5.78 Å². The van der Waals surface area contributed by atoms with E-state index in [9.17, 15) is 9.90 Å². The third kappa shape index (κ3) is 1.77. The van der Waals surface area contributed by atoms with E-state index >= 15 is 0 Å². The summed E-state index contributed by atoms with van der Waals surface area (Å²) in [5.74, 6) is -0.301. The molecule has 1 saturated carbocycles. The number of aliphatic hydroxyl groups is 2. The Morgan fingerprint density at radius 1 is 1.45 bits per heavy atom. The fourth-order valence-electron chi connectivity index (χ4n) is 1.26. The van der Waals surface area contributed by atoms with Gasteiger partial charge in [0, 0.05) is 12.5 Å². The molecule has 1 aliphatic carbocycles. The molecule has 64 valence electrons. The smallest absolute Gasteiger partial charge is 0.164 e. The molecule has 0 bridgehead atoms. The molecular formula is C7H13NO3. The number of hydrogen-bond donors (Lipinski definition) is 3. The van der Waals surface area contributed by atoms with Gasteiger partial charge in [0.15, 0.2) is 5.78 Å². The molecule has 0 radical (unpaired) electrons. The molecule has 0 unspecified atom stereocenters. The Hall–Kier alpha value is -0.450. The molecule has 1 fully saturated rings. The van der Waals surface area contributed by atoms with E-state index in [1.807, 2.05) is 0 Å². The molecule has 0 spiro atoms. The molecule has 11 heavy (non-hydrogen) atoms. The van der Waals surface area contributed by atoms with Gasteiger partial charge in [-0.1, -0.05) is 0 Å². The Balaban J connectivity index is 2.65. The molecule has 4 heteroatoms. The first-order chi connectivity index (χ1) is 5.13. The van der Waals surface area contributed by atoms with E-state index in [4.69, 9.17) is 10.8 Å². The van der Waals surface area contributed by atoms with Gasteiger partial charge in [0.25, 0.3) is 0 Å². The first-order valence-corrected chi connectivity index (χ1v) is 3.77. The minimum Gasteiger partial charge on any atom is -0.388 e. The number of aliphatic hydroxyl groups excluding tert-OH is 2. The van der Waals surface area contributed by atoms with Gasteiger partial charge in [-0.3, -0.25) is 4.79 Å². The van der Waals surface area contributed by atoms with Crippen LogP contribution in [0.25, 0.3) is 0 Å². The molecule has 0 aromatic carbocycles. The third-order valence-corrected chi connectivity index (χ3v) is 2.05. The summed E-state index contributed by atoms with van der Waals surface area (Å²) >= 11 is 0. The molecule has 3 atom stereocenters. The number of ketones is 1. The molecule has 0 heterocycles. The van der Waals surface area contributed by atoms with Crippen LogP contribution >= 0.6 is 0 Å². The highest BCUT2D eigenvalue weighted by Gasteiger charge is 2.31. The van der Waals surface area contributed by atoms with Crippen molar-refractivity contribution in [2.45, 2.75) is 37.5 Å². The second-order valence-corrected chi connectivity index (χ2v) is 2.96. The average Bonchev–Trinajstić information content (AvgIpc) is 2.07. The lowest BCUT2D eigenvalue weighted by atomic mass is 10.1. The van der Waals surface area contributed by atoms with E-state index in [1.54, 1.807) is 0 Å². The van der Waals surface area contributed by atoms with Gasteiger partial charge in [-0.2, -0.15) is 0 Å². The number of hydrogen-bond acceptors (Lipinski definition) is 4. The van der Waals surface area contributed by atoms with Gasteiger partial charge in [-0.25, -0.2) is 0 Å². The summed E-state index contributed by atoms with van der Waals surface area (Å²) in [5.41, 5.74) is 5.47. The minimum atomic E-state index is -1.27. The molecule has 0 amide bonds. The Labute approximate surface area is 65.0 Å². The fraction of sp³-hybridized carbons (Fsp3) is 0.857. The maximum absolute atomic E-state index is 10.9. The quantitative estimate of drug-likeness (QED) is 0.387. The van der Waals surface area contributed by atoms with Crippen molar-refractivity contribution < 1.29 is 15.0 Å². The van der Waals surface area contributed by atoms with Crippen molar-refractivity contribution in [3.8, 4) is 0 Å². The Bertz CT molecular complexity index is 160. The lowest BCUT2D eigenvalue weighted by molar-refractivity contribution is -0.132. The van der Waals surface area contributed by atoms with Crippen LogP contribution in [0.2, 0.25) is 0 Å². The second kappa shape index (κ2) is 3.30. The summed E-state index contributed by atoms with van der Waals surface area (Å²) in [6.45, 7) is 0. The molecule has 1 rings (SSSR count). The molecule has 4 nitrogen and oxygen atoms in total. The van der Waals surface area contributed by atoms with Crippen LogP contribution in [0.5, 0.6) is 0 Å². The standard InChI is InChI=1S/C7H13NO3/c8-4-2-1-3-5(9)7(11)6(4)10/h4,6-7,10-11H,1-3,8H2/t4-,6+,7-/m0/s1. The number of carbonyl (C=O) groups is 1. The summed E-state index contributed by atoms with van der Waals surface area (Å²) < 4.78 is 0. The van der Waals surface area contributed by atoms with Crippen molar-refractivity contribution in [3.63, 3.8) is 0 Å². The van der Waals surface area contributed by atoms with Crippen LogP contribution < -0.4 is 5.73 Å². The van der Waals surface area contributed by atoms with Gasteiger partial charge in [-0.15, -0.1) is 0 Å². The maximum Gasteiger partial charge on any atom is 0.164 e. The zero-order valence-electron chi connectivity index (χ0n) is 6.23. The normalized spacial score (nSPS) is 40.3. The van der Waals surface area contributed by atoms with Crippen molar-refractivity contribution in [2.24, 2.45) is 5.73 Å². The number of carbonyl (C=O) groups excluding carboxylic acids is 1. The van der Waals surface area contributed by atoms with Crippen LogP contribution in [0.4, 0.5) is 0 Å². The van der Waals surface area contributed by atoms with Gasteiger partial charge >= 0.3 is 0 Å². The number of Topliss-reactive ketones (excluding diaryl/α,β-unsaturated/α-hetero) is 1. The maximum atomic E-state index is 10.9. The van der Waals surface area contributed by atoms with E-state index < -0.39 is 18.2 Å². The lowest BCUT2D eigenvalue weighted by Gasteiger charge is -2.18. The lowest BCUT2D eigenvalue weighted by Crippen LogP contribution is -2.44. The SMILES string of the molecule is N[C@H]1CCCC(=O)[C@H](O)[C@@H]1O. The summed E-state index contributed by atoms with van der Waals surface area (Å²) in [6.07, 6.45) is -0.762. The molecule has 0 saturated heterocycles. The largest absolute Gasteiger partial charge is 0.388 e. The van der Waals surface area contributed by atoms with E-state index in [2.05, 4.69) is 0 Å². The molecule has 1 aliphatic rings. The van der Waals surface area contributed by atoms with Crippen LogP contribution in [0, 0.1) is 0 Å². The predicted molar refractivity (Wildman–Crippen MR) is 38.8 cm³/mol. The van der Waals surface area contributed by atoms with Gasteiger partial charge in [0.2, 0.25) is 0 Å². The molecular weight excluding hydrogens is 146 g/mol. The highest BCUT2D eigenvalue weighted by atomic mass is 16.3. The van der Waals surface area contributed by atoms with Gasteiger partial charge in [0.1, 0.15) is 12.2 Å². The Morgan fingerprint density at radius 2 is 2.09 bits per heavy atom. The van der Waals surface area contributed by atoms with Crippen molar-refractivity contribution >= 4 is 5.78 Å². The Morgan fingerprint density at radius 3 is 2.73 bits per heavy atom. The number of rotatable bonds is 0. The van der Waals surface area contributed by atoms with E-state index in [0.717, 1.165) is 0 Å². The summed E-state index contributed by atoms with van der Waals surface area (Å²) in [7, 11) is 0. The van der Waals surface area contributed by atoms with Crippen molar-refractivity contribution in [2.75, 3.05) is 0 Å². The van der Waals surface area contributed by atoms with Crippen molar-refractivity contribution in [1.82, 2.24) is 0 Å². The third-order valence-electron chi connectivity index (χ3n) is 2.05. The molecule has 0 aromatic rings. The van der Waals surface area contributed by atoms with Crippen molar-refractivity contribution in [3.05, 3.63) is 0 Å². The van der Waals surface area contributed by atoms with Crippen LogP contribution in [0.1, 0.15) is 19.3 Å². The van der Waals surface area contributed by atoms with Crippen LogP contribution in [-0.4, -0.2) is 34.2 Å². The molecule has 0 aliphatic heterocycles. The zero-order valence-corrected chi connectivity index (χ0v) is 6.23. The summed E-state index contributed by atoms with van der Waals surface area (Å²) in [6, 6.07) is -0.462. The van der Waals surface area contributed by atoms with E-state index in [0.29, 0.717) is 19.3 Å². The molecule has 0 aromatic heterocycles. The number of nitrogens with two attached hydrogens (primary N) is 1. The van der Waals surface area contributed by atoms with Crippen molar-refractivity contribution in [1.29, 1.82) is 0 Å². The van der Waals surface area contributed by atoms with Gasteiger partial charge < -0.3 is 15.9 Å². The Kier molecular flexibility index (Phi) is 2.59. The van der Waals surface area contributed by atoms with Crippen LogP contribution in [0.3, 0.4) is 0 Å². The van der Waals surface area contributed by atoms with Gasteiger partial charge in [0.05, 0.1) is 0 Å². The van der Waals surface area contributed by atoms with Gasteiger partial charge in [-0.05, 0) is 12.8 Å². The fourth-order valence-corrected chi connectivity index (χ4v) is 1.26. The highest BCUT2D eigenvalue weighted by Crippen LogP contribution is 2.14. The highest BCUT2D eigenvalue weighted by molar-refractivity contribution is 5.83. The van der Waals surface area contributed by atoms with Crippen LogP contribution in [-0.2, 0) is 4.79 Å². The summed E-state index contributed by atoms with van der Waals surface area (Å²) in [5, 5.41) is 18.3. The molecule has 4 N–H and O–H groups in total. The second-order valence-electron chi connectivity index (χ2n) is 2.96. The topological polar surface area (TPSA) is 83.6 Å². The first-order valence-electron chi connectivity index (χ1n) is 3.77. The zero-order chi connectivity index (χ0) is 8.43. The van der Waals surface area contributed by atoms with Crippen LogP contribution in [0.15, 0.2) is 0 Å². The summed E-state index contributed by atoms with van der Waals surface area (Å²) in [4.78, 5) is 10.9. The van der Waals surface area contributed by atoms with E-state index in [1.165, 1.54) is 0 Å². The average molecular weight is 159 g/mol. The first kappa shape index (κ1) is 8.64.